The number of rotatable bonds is 4. The van der Waals surface area contributed by atoms with E-state index in [1.165, 1.54) is 30.3 Å². The van der Waals surface area contributed by atoms with Crippen LogP contribution in [0.1, 0.15) is 46.2 Å². The number of benzene rings is 2. The molecule has 28 heavy (non-hydrogen) atoms. The van der Waals surface area contributed by atoms with Crippen LogP contribution in [0.15, 0.2) is 45.3 Å². The van der Waals surface area contributed by atoms with E-state index in [-0.39, 0.29) is 29.1 Å². The zero-order valence-electron chi connectivity index (χ0n) is 14.1. The number of carbonyl (C=O) groups excluding carboxylic acids is 1. The molecule has 3 rings (SSSR count). The van der Waals surface area contributed by atoms with Gasteiger partial charge in [-0.05, 0) is 36.4 Å². The number of hydrogen-bond acceptors (Lipinski definition) is 3. The molecule has 1 fully saturated rings. The van der Waals surface area contributed by atoms with Gasteiger partial charge in [0.05, 0.1) is 13.2 Å². The molecule has 3 nitrogen and oxygen atoms in total. The van der Waals surface area contributed by atoms with Gasteiger partial charge in [-0.3, -0.25) is 4.79 Å². The lowest BCUT2D eigenvalue weighted by Crippen LogP contribution is -1.99. The summed E-state index contributed by atoms with van der Waals surface area (Å²) in [5.74, 6) is 0. The lowest BCUT2D eigenvalue weighted by molar-refractivity contribution is -0.0443. The van der Waals surface area contributed by atoms with Gasteiger partial charge in [-0.25, -0.2) is 17.6 Å². The molecule has 0 bridgehead atoms. The maximum atomic E-state index is 12.5. The first-order valence-electron chi connectivity index (χ1n) is 7.65. The number of ether oxygens (including phenoxy) is 2. The van der Waals surface area contributed by atoms with Crippen molar-refractivity contribution in [1.82, 2.24) is 0 Å². The quantitative estimate of drug-likeness (QED) is 0.302. The number of halogens is 7. The first-order valence-corrected chi connectivity index (χ1v) is 9.24. The molecule has 0 atom stereocenters. The van der Waals surface area contributed by atoms with E-state index in [2.05, 4.69) is 31.9 Å². The molecule has 0 radical (unpaired) electrons. The van der Waals surface area contributed by atoms with Gasteiger partial charge in [0, 0.05) is 31.2 Å². The molecule has 1 aliphatic rings. The van der Waals surface area contributed by atoms with Gasteiger partial charge in [-0.1, -0.05) is 31.9 Å². The monoisotopic (exact) mass is 548 g/mol. The molecule has 0 N–H and O–H groups in total. The van der Waals surface area contributed by atoms with E-state index < -0.39 is 19.1 Å². The van der Waals surface area contributed by atoms with Crippen LogP contribution in [0.3, 0.4) is 0 Å². The van der Waals surface area contributed by atoms with Crippen molar-refractivity contribution >= 4 is 50.6 Å². The van der Waals surface area contributed by atoms with Gasteiger partial charge in [0.25, 0.3) is 12.9 Å². The predicted molar refractivity (Wildman–Crippen MR) is 105 cm³/mol. The second-order valence-electron chi connectivity index (χ2n) is 5.43. The highest BCUT2D eigenvalue weighted by molar-refractivity contribution is 9.10. The smallest absolute Gasteiger partial charge is 0.263 e. The normalized spacial score (nSPS) is 13.9. The van der Waals surface area contributed by atoms with Crippen molar-refractivity contribution in [3.8, 4) is 0 Å². The largest absolute Gasteiger partial charge is 0.346 e. The minimum absolute atomic E-state index is 0. The third-order valence-electron chi connectivity index (χ3n) is 3.42. The molecular weight excluding hydrogens is 535 g/mol. The Hall–Kier alpha value is -1.00. The van der Waals surface area contributed by atoms with Crippen LogP contribution < -0.4 is 0 Å². The average Bonchev–Trinajstić information content (AvgIpc) is 3.15. The SMILES string of the molecule is Cl.FC(F)c1cc(Br)cc(C2OCCO2)c1.O=Cc1cc(Br)cc(C(F)F)c1. The first-order chi connectivity index (χ1) is 12.8. The fourth-order valence-corrected chi connectivity index (χ4v) is 3.34. The van der Waals surface area contributed by atoms with Gasteiger partial charge < -0.3 is 9.47 Å². The number of alkyl halides is 4. The lowest BCUT2D eigenvalue weighted by atomic mass is 10.1. The molecule has 0 unspecified atom stereocenters. The topological polar surface area (TPSA) is 35.5 Å². The fraction of sp³-hybridized carbons (Fsp3) is 0.278. The van der Waals surface area contributed by atoms with Crippen LogP contribution in [-0.2, 0) is 9.47 Å². The lowest BCUT2D eigenvalue weighted by Gasteiger charge is -2.11. The summed E-state index contributed by atoms with van der Waals surface area (Å²) in [5, 5.41) is 0. The Morgan fingerprint density at radius 3 is 1.86 bits per heavy atom. The minimum Gasteiger partial charge on any atom is -0.346 e. The van der Waals surface area contributed by atoms with Crippen molar-refractivity contribution < 1.29 is 31.8 Å². The van der Waals surface area contributed by atoms with Crippen LogP contribution in [0.5, 0.6) is 0 Å². The summed E-state index contributed by atoms with van der Waals surface area (Å²) >= 11 is 6.21. The van der Waals surface area contributed by atoms with Gasteiger partial charge in [0.2, 0.25) is 0 Å². The molecular formula is C18H15Br2ClF4O3. The summed E-state index contributed by atoms with van der Waals surface area (Å²) in [6.07, 6.45) is -5.00. The molecule has 1 aliphatic heterocycles. The van der Waals surface area contributed by atoms with E-state index in [0.717, 1.165) is 0 Å². The highest BCUT2D eigenvalue weighted by atomic mass is 79.9. The Kier molecular flexibility index (Phi) is 10.6. The van der Waals surface area contributed by atoms with Crippen LogP contribution in [0.25, 0.3) is 0 Å². The number of carbonyl (C=O) groups is 1. The molecule has 1 saturated heterocycles. The maximum Gasteiger partial charge on any atom is 0.263 e. The van der Waals surface area contributed by atoms with E-state index >= 15 is 0 Å². The molecule has 0 spiro atoms. The van der Waals surface area contributed by atoms with Crippen LogP contribution in [0.4, 0.5) is 17.6 Å². The average molecular weight is 551 g/mol. The second-order valence-corrected chi connectivity index (χ2v) is 7.26. The van der Waals surface area contributed by atoms with Crippen molar-refractivity contribution in [3.05, 3.63) is 67.6 Å². The maximum absolute atomic E-state index is 12.5. The van der Waals surface area contributed by atoms with Crippen molar-refractivity contribution in [2.75, 3.05) is 13.2 Å². The minimum atomic E-state index is -2.54. The zero-order chi connectivity index (χ0) is 20.0. The van der Waals surface area contributed by atoms with E-state index in [4.69, 9.17) is 9.47 Å². The fourth-order valence-electron chi connectivity index (χ4n) is 2.28. The summed E-state index contributed by atoms with van der Waals surface area (Å²) < 4.78 is 60.9. The highest BCUT2D eigenvalue weighted by Crippen LogP contribution is 2.30. The van der Waals surface area contributed by atoms with E-state index in [0.29, 0.717) is 34.0 Å². The summed E-state index contributed by atoms with van der Waals surface area (Å²) in [7, 11) is 0. The first kappa shape index (κ1) is 25.0. The molecule has 2 aromatic carbocycles. The Labute approximate surface area is 182 Å². The molecule has 154 valence electrons. The van der Waals surface area contributed by atoms with Gasteiger partial charge in [0.1, 0.15) is 6.29 Å². The van der Waals surface area contributed by atoms with Crippen molar-refractivity contribution in [3.63, 3.8) is 0 Å². The van der Waals surface area contributed by atoms with Gasteiger partial charge in [-0.15, -0.1) is 12.4 Å². The number of aldehydes is 1. The van der Waals surface area contributed by atoms with E-state index in [1.807, 2.05) is 0 Å². The van der Waals surface area contributed by atoms with Crippen molar-refractivity contribution in [2.45, 2.75) is 19.1 Å². The van der Waals surface area contributed by atoms with Crippen molar-refractivity contribution in [2.24, 2.45) is 0 Å². The summed E-state index contributed by atoms with van der Waals surface area (Å²) in [6.45, 7) is 1.00. The molecule has 1 heterocycles. The summed E-state index contributed by atoms with van der Waals surface area (Å²) in [6, 6.07) is 8.47. The predicted octanol–water partition coefficient (Wildman–Crippen LogP) is 7.05. The Balaban J connectivity index is 0.000000277. The zero-order valence-corrected chi connectivity index (χ0v) is 18.1. The van der Waals surface area contributed by atoms with Gasteiger partial charge in [0.15, 0.2) is 6.29 Å². The molecule has 0 aliphatic carbocycles. The van der Waals surface area contributed by atoms with Crippen LogP contribution >= 0.6 is 44.3 Å². The molecule has 2 aromatic rings. The molecule has 0 aromatic heterocycles. The van der Waals surface area contributed by atoms with Gasteiger partial charge in [-0.2, -0.15) is 0 Å². The Morgan fingerprint density at radius 2 is 1.36 bits per heavy atom. The standard InChI is InChI=1S/C10H9BrF2O2.C8H5BrF2O.ClH/c11-8-4-6(9(12)13)3-7(5-8)10-14-1-2-15-10;9-7-2-5(4-12)1-6(3-7)8(10)11;/h3-5,9-10H,1-2H2;1-4,8H;1H. The van der Waals surface area contributed by atoms with E-state index in [9.17, 15) is 22.4 Å². The Bertz CT molecular complexity index is 787. The highest BCUT2D eigenvalue weighted by Gasteiger charge is 2.20. The van der Waals surface area contributed by atoms with Crippen LogP contribution in [0.2, 0.25) is 0 Å². The third kappa shape index (κ3) is 7.44. The van der Waals surface area contributed by atoms with Crippen LogP contribution in [-0.4, -0.2) is 19.5 Å². The summed E-state index contributed by atoms with van der Waals surface area (Å²) in [5.41, 5.74) is 0.696. The number of hydrogen-bond donors (Lipinski definition) is 0. The van der Waals surface area contributed by atoms with E-state index in [1.54, 1.807) is 6.07 Å². The Morgan fingerprint density at radius 1 is 0.857 bits per heavy atom. The molecule has 0 saturated carbocycles. The van der Waals surface area contributed by atoms with Crippen LogP contribution in [0, 0.1) is 0 Å². The van der Waals surface area contributed by atoms with Crippen molar-refractivity contribution in [1.29, 1.82) is 0 Å². The summed E-state index contributed by atoms with van der Waals surface area (Å²) in [4.78, 5) is 10.3. The third-order valence-corrected chi connectivity index (χ3v) is 4.33. The molecule has 0 amide bonds. The molecule has 10 heteroatoms. The second kappa shape index (κ2) is 11.9. The van der Waals surface area contributed by atoms with Gasteiger partial charge >= 0.3 is 0 Å².